The van der Waals surface area contributed by atoms with Crippen molar-refractivity contribution < 1.29 is 9.84 Å². The number of aryl methyl sites for hydroxylation is 2. The largest absolute Gasteiger partial charge is 0.489 e. The lowest BCUT2D eigenvalue weighted by Crippen LogP contribution is -2.26. The molecule has 0 spiro atoms. The van der Waals surface area contributed by atoms with Gasteiger partial charge in [0.05, 0.1) is 5.60 Å². The minimum absolute atomic E-state index is 0.0623. The molecule has 3 aromatic rings. The lowest BCUT2D eigenvalue weighted by atomic mass is 9.70. The van der Waals surface area contributed by atoms with Crippen molar-refractivity contribution in [3.8, 4) is 5.75 Å². The topological polar surface area (TPSA) is 42.4 Å². The Balaban J connectivity index is 1.89. The monoisotopic (exact) mass is 471 g/mol. The van der Waals surface area contributed by atoms with Crippen LogP contribution in [0.3, 0.4) is 0 Å². The van der Waals surface area contributed by atoms with Crippen LogP contribution < -0.4 is 4.74 Å². The van der Waals surface area contributed by atoms with Gasteiger partial charge in [-0.05, 0) is 79.5 Å². The summed E-state index contributed by atoms with van der Waals surface area (Å²) in [5.41, 5.74) is 6.45. The number of aliphatic hydroxyl groups is 1. The first kappa shape index (κ1) is 26.7. The zero-order valence-electron chi connectivity index (χ0n) is 22.3. The van der Waals surface area contributed by atoms with Gasteiger partial charge in [-0.2, -0.15) is 0 Å². The molecule has 1 heterocycles. The smallest absolute Gasteiger partial charge is 0.122 e. The van der Waals surface area contributed by atoms with Gasteiger partial charge in [0.25, 0.3) is 0 Å². The lowest BCUT2D eigenvalue weighted by molar-refractivity contribution is 0.0836. The maximum Gasteiger partial charge on any atom is 0.122 e. The Kier molecular flexibility index (Phi) is 8.91. The summed E-state index contributed by atoms with van der Waals surface area (Å²) in [6.45, 7) is 13.4. The summed E-state index contributed by atoms with van der Waals surface area (Å²) in [5, 5.41) is 10.6. The predicted octanol–water partition coefficient (Wildman–Crippen LogP) is 7.95. The molecular weight excluding hydrogens is 430 g/mol. The van der Waals surface area contributed by atoms with Gasteiger partial charge in [0.2, 0.25) is 0 Å². The highest BCUT2D eigenvalue weighted by Gasteiger charge is 2.31. The van der Waals surface area contributed by atoms with Crippen molar-refractivity contribution in [3.63, 3.8) is 0 Å². The number of nitrogens with zero attached hydrogens (tertiary/aromatic N) is 1. The van der Waals surface area contributed by atoms with E-state index in [2.05, 4.69) is 75.2 Å². The van der Waals surface area contributed by atoms with E-state index in [-0.39, 0.29) is 5.41 Å². The standard InChI is InChI=1S/C32H41NO2/c1-7-31(34,8-2)18-17-27-13-14-28(20-24(27)5)32(9-3,10-4)29-15-16-30(25(6)21-29)35-23-26-12-11-19-33-22-26/h11-22,34H,7-10,23H2,1-6H3. The predicted molar refractivity (Wildman–Crippen MR) is 147 cm³/mol. The maximum atomic E-state index is 10.6. The molecule has 35 heavy (non-hydrogen) atoms. The van der Waals surface area contributed by atoms with Crippen molar-refractivity contribution in [2.45, 2.75) is 84.8 Å². The summed E-state index contributed by atoms with van der Waals surface area (Å²) in [6.07, 6.45) is 11.1. The van der Waals surface area contributed by atoms with E-state index < -0.39 is 5.60 Å². The fourth-order valence-corrected chi connectivity index (χ4v) is 4.88. The van der Waals surface area contributed by atoms with Gasteiger partial charge in [-0.1, -0.05) is 76.2 Å². The molecule has 0 saturated heterocycles. The van der Waals surface area contributed by atoms with Gasteiger partial charge in [0.1, 0.15) is 12.4 Å². The van der Waals surface area contributed by atoms with Crippen LogP contribution in [0.2, 0.25) is 0 Å². The van der Waals surface area contributed by atoms with Crippen LogP contribution in [0.5, 0.6) is 5.75 Å². The van der Waals surface area contributed by atoms with Gasteiger partial charge < -0.3 is 9.84 Å². The van der Waals surface area contributed by atoms with Crippen molar-refractivity contribution in [2.75, 3.05) is 0 Å². The number of hydrogen-bond acceptors (Lipinski definition) is 3. The molecule has 0 unspecified atom stereocenters. The van der Waals surface area contributed by atoms with Crippen LogP contribution in [0.25, 0.3) is 6.08 Å². The Hall–Kier alpha value is -2.91. The minimum atomic E-state index is -0.736. The quantitative estimate of drug-likeness (QED) is 0.308. The summed E-state index contributed by atoms with van der Waals surface area (Å²) in [5.74, 6) is 0.912. The Morgan fingerprint density at radius 3 is 2.06 bits per heavy atom. The second kappa shape index (κ2) is 11.7. The third-order valence-corrected chi connectivity index (χ3v) is 7.67. The van der Waals surface area contributed by atoms with Crippen LogP contribution in [0.1, 0.15) is 86.8 Å². The number of ether oxygens (including phenoxy) is 1. The fraction of sp³-hybridized carbons (Fsp3) is 0.406. The van der Waals surface area contributed by atoms with E-state index in [4.69, 9.17) is 4.74 Å². The highest BCUT2D eigenvalue weighted by Crippen LogP contribution is 2.41. The summed E-state index contributed by atoms with van der Waals surface area (Å²) >= 11 is 0. The maximum absolute atomic E-state index is 10.6. The van der Waals surface area contributed by atoms with Crippen LogP contribution in [-0.4, -0.2) is 15.7 Å². The van der Waals surface area contributed by atoms with Gasteiger partial charge in [-0.15, -0.1) is 0 Å². The molecule has 1 aromatic heterocycles. The summed E-state index contributed by atoms with van der Waals surface area (Å²) in [6, 6.07) is 17.4. The Morgan fingerprint density at radius 2 is 1.51 bits per heavy atom. The number of pyridine rings is 1. The van der Waals surface area contributed by atoms with Crippen molar-refractivity contribution in [3.05, 3.63) is 100 Å². The molecule has 0 bridgehead atoms. The molecule has 2 aromatic carbocycles. The Morgan fingerprint density at radius 1 is 0.857 bits per heavy atom. The number of aromatic nitrogens is 1. The molecule has 3 nitrogen and oxygen atoms in total. The first-order chi connectivity index (χ1) is 16.8. The van der Waals surface area contributed by atoms with Crippen LogP contribution in [0, 0.1) is 13.8 Å². The molecular formula is C32H41NO2. The van der Waals surface area contributed by atoms with Crippen LogP contribution in [0.15, 0.2) is 67.0 Å². The molecule has 0 radical (unpaired) electrons. The molecule has 3 heteroatoms. The lowest BCUT2D eigenvalue weighted by Gasteiger charge is -2.34. The number of hydrogen-bond donors (Lipinski definition) is 1. The molecule has 0 saturated carbocycles. The Labute approximate surface area is 211 Å². The third-order valence-electron chi connectivity index (χ3n) is 7.67. The van der Waals surface area contributed by atoms with E-state index in [9.17, 15) is 5.11 Å². The van der Waals surface area contributed by atoms with E-state index in [1.54, 1.807) is 6.20 Å². The molecule has 0 aliphatic rings. The van der Waals surface area contributed by atoms with Crippen molar-refractivity contribution in [1.29, 1.82) is 0 Å². The van der Waals surface area contributed by atoms with E-state index in [1.165, 1.54) is 16.7 Å². The van der Waals surface area contributed by atoms with E-state index in [0.717, 1.165) is 35.3 Å². The normalized spacial score (nSPS) is 12.3. The summed E-state index contributed by atoms with van der Waals surface area (Å²) < 4.78 is 6.10. The molecule has 0 atom stereocenters. The van der Waals surface area contributed by atoms with Gasteiger partial charge in [0.15, 0.2) is 0 Å². The van der Waals surface area contributed by atoms with Gasteiger partial charge >= 0.3 is 0 Å². The van der Waals surface area contributed by atoms with Crippen LogP contribution in [0.4, 0.5) is 0 Å². The van der Waals surface area contributed by atoms with Crippen molar-refractivity contribution >= 4 is 6.08 Å². The average molecular weight is 472 g/mol. The van der Waals surface area contributed by atoms with E-state index >= 15 is 0 Å². The molecule has 1 N–H and O–H groups in total. The van der Waals surface area contributed by atoms with Crippen LogP contribution >= 0.6 is 0 Å². The van der Waals surface area contributed by atoms with E-state index in [0.29, 0.717) is 19.4 Å². The van der Waals surface area contributed by atoms with Crippen molar-refractivity contribution in [2.24, 2.45) is 0 Å². The van der Waals surface area contributed by atoms with E-state index in [1.807, 2.05) is 38.3 Å². The number of benzene rings is 2. The SMILES string of the molecule is CCC(O)(C=Cc1ccc(C(CC)(CC)c2ccc(OCc3cccnc3)c(C)c2)cc1C)CC. The number of rotatable bonds is 11. The van der Waals surface area contributed by atoms with Crippen molar-refractivity contribution in [1.82, 2.24) is 4.98 Å². The summed E-state index contributed by atoms with van der Waals surface area (Å²) in [4.78, 5) is 4.17. The van der Waals surface area contributed by atoms with Crippen LogP contribution in [-0.2, 0) is 12.0 Å². The molecule has 186 valence electrons. The Bertz CT molecular complexity index is 1130. The zero-order chi connectivity index (χ0) is 25.5. The molecule has 0 aliphatic carbocycles. The molecule has 0 aliphatic heterocycles. The third kappa shape index (κ3) is 6.02. The molecule has 3 rings (SSSR count). The molecule has 0 fully saturated rings. The highest BCUT2D eigenvalue weighted by atomic mass is 16.5. The first-order valence-corrected chi connectivity index (χ1v) is 13.0. The highest BCUT2D eigenvalue weighted by molar-refractivity contribution is 5.57. The minimum Gasteiger partial charge on any atom is -0.489 e. The fourth-order valence-electron chi connectivity index (χ4n) is 4.88. The van der Waals surface area contributed by atoms with Gasteiger partial charge in [-0.25, -0.2) is 0 Å². The van der Waals surface area contributed by atoms with Gasteiger partial charge in [-0.3, -0.25) is 4.98 Å². The first-order valence-electron chi connectivity index (χ1n) is 13.0. The zero-order valence-corrected chi connectivity index (χ0v) is 22.3. The second-order valence-electron chi connectivity index (χ2n) is 9.63. The molecule has 0 amide bonds. The summed E-state index contributed by atoms with van der Waals surface area (Å²) in [7, 11) is 0. The average Bonchev–Trinajstić information content (AvgIpc) is 2.89. The second-order valence-corrected chi connectivity index (χ2v) is 9.63. The van der Waals surface area contributed by atoms with Gasteiger partial charge in [0, 0.05) is 23.4 Å².